The van der Waals surface area contributed by atoms with Crippen LogP contribution >= 0.6 is 0 Å². The van der Waals surface area contributed by atoms with Crippen LogP contribution in [0.25, 0.3) is 0 Å². The van der Waals surface area contributed by atoms with Crippen LogP contribution in [0.5, 0.6) is 0 Å². The first-order valence-electron chi connectivity index (χ1n) is 23.0. The van der Waals surface area contributed by atoms with Crippen molar-refractivity contribution in [3.8, 4) is 0 Å². The van der Waals surface area contributed by atoms with Gasteiger partial charge in [0.05, 0.1) is 53.9 Å². The van der Waals surface area contributed by atoms with E-state index >= 15 is 0 Å². The van der Waals surface area contributed by atoms with E-state index in [1.807, 2.05) is 7.05 Å². The van der Waals surface area contributed by atoms with Crippen LogP contribution in [-0.2, 0) is 26.7 Å². The number of benzene rings is 2. The molecule has 0 unspecified atom stereocenters. The van der Waals surface area contributed by atoms with Crippen LogP contribution in [0.4, 0.5) is 0 Å². The molecule has 4 aromatic rings. The van der Waals surface area contributed by atoms with Crippen molar-refractivity contribution >= 4 is 0 Å². The van der Waals surface area contributed by atoms with Gasteiger partial charge in [0, 0.05) is 5.92 Å². The number of nitrogens with two attached hydrogens (primary N) is 1. The Morgan fingerprint density at radius 2 is 1.23 bits per heavy atom. The average Bonchev–Trinajstić information content (AvgIpc) is 3.83. The van der Waals surface area contributed by atoms with Gasteiger partial charge in [-0.1, -0.05) is 126 Å². The fraction of sp³-hybridized carbons (Fsp3) is 0.667. The Hall–Kier alpha value is -3.22. The van der Waals surface area contributed by atoms with Gasteiger partial charge in [-0.25, -0.2) is 18.3 Å². The van der Waals surface area contributed by atoms with Crippen molar-refractivity contribution in [3.63, 3.8) is 0 Å². The molecule has 1 saturated carbocycles. The van der Waals surface area contributed by atoms with E-state index in [9.17, 15) is 0 Å². The Kier molecular flexibility index (Phi) is 28.3. The number of likely N-dealkylation sites (tertiary alicyclic amines) is 1. The second-order valence-electron chi connectivity index (χ2n) is 19.2. The van der Waals surface area contributed by atoms with Gasteiger partial charge in [0.2, 0.25) is 12.7 Å². The van der Waals surface area contributed by atoms with Crippen molar-refractivity contribution in [2.75, 3.05) is 40.3 Å². The normalized spacial score (nSPS) is 16.9. The monoisotopic (exact) mass is 833 g/mol. The standard InChI is InChI=1S/C16H32N.C15H21N2.C14H19N2.C6H15N.3CH4/c1-14(2)16-9-7-15(8-10-16)13-17(3)11-5-4-6-12-17;1-4-16-9-10-17(12-16)11-14-5-7-15(8-6-14)13(2)3;1-12(2)14-6-4-13(5-7-14)10-16-9-8-15(3)11-16;1-6(2)4-5-7-3;;;/h14-16H,4-13H2,1-3H3;5-10,12-13H,4,11H2,1-3H3;4-9,11-12H,10H2,1-3H3;6-7H,4-5H2,1-3H3;3*1H4/q3*+1;;;;/p+1. The SMILES string of the molecule is C.C.C.CC(C)C1CCC(C[N+]2(C)CCCCC2)CC1.CC(C)c1ccc(Cn2cc[n+](C)c2)cc1.CCn1cc[n+](Cc2ccc(C(C)C)cc2)c1.C[NH2+]CCC(C)C. The Balaban J connectivity index is 0.000000789. The lowest BCUT2D eigenvalue weighted by atomic mass is 9.76. The van der Waals surface area contributed by atoms with E-state index in [0.717, 1.165) is 43.3 Å². The Morgan fingerprint density at radius 1 is 0.700 bits per heavy atom. The third-order valence-corrected chi connectivity index (χ3v) is 12.4. The summed E-state index contributed by atoms with van der Waals surface area (Å²) in [6.45, 7) is 28.9. The van der Waals surface area contributed by atoms with Gasteiger partial charge in [0.15, 0.2) is 0 Å². The van der Waals surface area contributed by atoms with E-state index in [1.54, 1.807) is 0 Å². The van der Waals surface area contributed by atoms with Gasteiger partial charge in [-0.05, 0) is 110 Å². The van der Waals surface area contributed by atoms with E-state index in [0.29, 0.717) is 11.8 Å². The van der Waals surface area contributed by atoms with Crippen molar-refractivity contribution in [3.05, 3.63) is 108 Å². The number of hydrogen-bond donors (Lipinski definition) is 1. The highest BCUT2D eigenvalue weighted by Crippen LogP contribution is 2.35. The molecule has 2 aliphatic rings. The molecule has 2 aromatic heterocycles. The van der Waals surface area contributed by atoms with Crippen molar-refractivity contribution < 1.29 is 18.9 Å². The number of rotatable bonds is 13. The minimum absolute atomic E-state index is 0. The third kappa shape index (κ3) is 21.5. The molecule has 2 N–H and O–H groups in total. The molecule has 0 bridgehead atoms. The number of quaternary nitrogens is 2. The van der Waals surface area contributed by atoms with Crippen molar-refractivity contribution in [2.24, 2.45) is 30.7 Å². The summed E-state index contributed by atoms with van der Waals surface area (Å²) in [5, 5.41) is 2.22. The van der Waals surface area contributed by atoms with Crippen molar-refractivity contribution in [1.82, 2.24) is 9.13 Å². The van der Waals surface area contributed by atoms with Gasteiger partial charge < -0.3 is 9.80 Å². The molecule has 0 radical (unpaired) electrons. The van der Waals surface area contributed by atoms with Crippen molar-refractivity contribution in [2.45, 2.75) is 167 Å². The molecule has 6 rings (SSSR count). The molecule has 6 heteroatoms. The van der Waals surface area contributed by atoms with Crippen LogP contribution in [-0.4, -0.2) is 53.9 Å². The second-order valence-corrected chi connectivity index (χ2v) is 19.2. The van der Waals surface area contributed by atoms with Crippen LogP contribution in [0, 0.1) is 23.7 Å². The molecule has 0 spiro atoms. The maximum absolute atomic E-state index is 2.51. The molecule has 2 fully saturated rings. The molecule has 60 heavy (non-hydrogen) atoms. The van der Waals surface area contributed by atoms with Crippen LogP contribution in [0.15, 0.2) is 86.0 Å². The zero-order valence-corrected chi connectivity index (χ0v) is 39.0. The molecule has 0 atom stereocenters. The van der Waals surface area contributed by atoms with Gasteiger partial charge in [-0.2, -0.15) is 0 Å². The predicted octanol–water partition coefficient (Wildman–Crippen LogP) is 11.7. The molecule has 3 heterocycles. The summed E-state index contributed by atoms with van der Waals surface area (Å²) in [5.74, 6) is 5.06. The van der Waals surface area contributed by atoms with Crippen LogP contribution in [0.3, 0.4) is 0 Å². The predicted molar refractivity (Wildman–Crippen MR) is 262 cm³/mol. The fourth-order valence-electron chi connectivity index (χ4n) is 8.37. The van der Waals surface area contributed by atoms with E-state index in [1.165, 1.54) is 104 Å². The summed E-state index contributed by atoms with van der Waals surface area (Å²) in [5.41, 5.74) is 5.51. The first-order valence-corrected chi connectivity index (χ1v) is 23.0. The summed E-state index contributed by atoms with van der Waals surface area (Å²) < 4.78 is 10.0. The summed E-state index contributed by atoms with van der Waals surface area (Å²) in [6, 6.07) is 17.8. The lowest BCUT2D eigenvalue weighted by Crippen LogP contribution is -2.79. The molecule has 2 aromatic carbocycles. The van der Waals surface area contributed by atoms with Crippen molar-refractivity contribution in [1.29, 1.82) is 0 Å². The van der Waals surface area contributed by atoms with E-state index in [4.69, 9.17) is 0 Å². The highest BCUT2D eigenvalue weighted by molar-refractivity contribution is 5.25. The zero-order valence-electron chi connectivity index (χ0n) is 39.0. The highest BCUT2D eigenvalue weighted by atomic mass is 15.3. The minimum Gasteiger partial charge on any atom is -0.349 e. The number of imidazole rings is 2. The molecule has 342 valence electrons. The first-order chi connectivity index (χ1) is 27.2. The zero-order chi connectivity index (χ0) is 41.8. The molecule has 1 aliphatic heterocycles. The number of hydrogen-bond acceptors (Lipinski definition) is 0. The molecular weight excluding hydrogens is 733 g/mol. The lowest BCUT2D eigenvalue weighted by Gasteiger charge is -2.42. The van der Waals surface area contributed by atoms with Crippen LogP contribution in [0.1, 0.15) is 170 Å². The Labute approximate surface area is 373 Å². The van der Waals surface area contributed by atoms with Crippen LogP contribution < -0.4 is 14.5 Å². The average molecular weight is 833 g/mol. The van der Waals surface area contributed by atoms with Gasteiger partial charge >= 0.3 is 0 Å². The van der Waals surface area contributed by atoms with Gasteiger partial charge in [-0.3, -0.25) is 0 Å². The van der Waals surface area contributed by atoms with Crippen LogP contribution in [0.2, 0.25) is 0 Å². The maximum Gasteiger partial charge on any atom is 0.244 e. The number of nitrogens with zero attached hydrogens (tertiary/aromatic N) is 5. The number of aryl methyl sites for hydroxylation is 2. The number of piperidine rings is 1. The molecule has 1 saturated heterocycles. The highest BCUT2D eigenvalue weighted by Gasteiger charge is 2.31. The second kappa shape index (κ2) is 29.9. The third-order valence-electron chi connectivity index (χ3n) is 12.4. The lowest BCUT2D eigenvalue weighted by molar-refractivity contribution is -0.917. The topological polar surface area (TPSA) is 34.2 Å². The quantitative estimate of drug-likeness (QED) is 0.103. The van der Waals surface area contributed by atoms with E-state index in [2.05, 4.69) is 186 Å². The number of aromatic nitrogens is 4. The van der Waals surface area contributed by atoms with Gasteiger partial charge in [-0.15, -0.1) is 0 Å². The summed E-state index contributed by atoms with van der Waals surface area (Å²) in [4.78, 5) is 0. The molecular formula is C54H100N6+4. The largest absolute Gasteiger partial charge is 0.349 e. The fourth-order valence-corrected chi connectivity index (χ4v) is 8.37. The summed E-state index contributed by atoms with van der Waals surface area (Å²) >= 11 is 0. The molecule has 1 aliphatic carbocycles. The molecule has 0 amide bonds. The maximum atomic E-state index is 2.51. The molecule has 6 nitrogen and oxygen atoms in total. The van der Waals surface area contributed by atoms with E-state index in [-0.39, 0.29) is 22.3 Å². The Bertz CT molecular complexity index is 1600. The summed E-state index contributed by atoms with van der Waals surface area (Å²) in [6.07, 6.45) is 24.4. The minimum atomic E-state index is 0. The van der Waals surface area contributed by atoms with Gasteiger partial charge in [0.1, 0.15) is 37.9 Å². The van der Waals surface area contributed by atoms with Gasteiger partial charge in [0.25, 0.3) is 0 Å². The van der Waals surface area contributed by atoms with E-state index < -0.39 is 0 Å². The summed E-state index contributed by atoms with van der Waals surface area (Å²) in [7, 11) is 6.66. The Morgan fingerprint density at radius 3 is 1.65 bits per heavy atom. The smallest absolute Gasteiger partial charge is 0.244 e. The first kappa shape index (κ1) is 56.8.